The second-order valence-electron chi connectivity index (χ2n) is 6.74. The number of hydrogen-bond acceptors (Lipinski definition) is 4. The molecule has 3 rings (SSSR count). The molecule has 1 unspecified atom stereocenters. The van der Waals surface area contributed by atoms with Crippen molar-refractivity contribution in [2.45, 2.75) is 58.3 Å². The number of aliphatic carboxylic acids is 1. The smallest absolute Gasteiger partial charge is 0.312 e. The van der Waals surface area contributed by atoms with Crippen molar-refractivity contribution in [1.29, 1.82) is 0 Å². The number of nitrogens with zero attached hydrogens (tertiary/aromatic N) is 2. The molecule has 0 bridgehead atoms. The van der Waals surface area contributed by atoms with E-state index in [0.29, 0.717) is 5.41 Å². The van der Waals surface area contributed by atoms with Gasteiger partial charge in [0.15, 0.2) is 5.13 Å². The van der Waals surface area contributed by atoms with Crippen molar-refractivity contribution in [3.05, 3.63) is 10.6 Å². The van der Waals surface area contributed by atoms with Gasteiger partial charge in [0.2, 0.25) is 0 Å². The van der Waals surface area contributed by atoms with Crippen molar-refractivity contribution in [2.75, 3.05) is 18.0 Å². The molecule has 0 spiro atoms. The Balaban J connectivity index is 1.78. The highest BCUT2D eigenvalue weighted by Crippen LogP contribution is 2.41. The van der Waals surface area contributed by atoms with Crippen LogP contribution in [0.3, 0.4) is 0 Å². The minimum absolute atomic E-state index is 0.385. The quantitative estimate of drug-likeness (QED) is 0.926. The van der Waals surface area contributed by atoms with E-state index in [0.717, 1.165) is 43.2 Å². The third kappa shape index (κ3) is 2.80. The van der Waals surface area contributed by atoms with Crippen molar-refractivity contribution < 1.29 is 9.90 Å². The molecule has 116 valence electrons. The molecule has 1 N–H and O–H groups in total. The molecule has 0 radical (unpaired) electrons. The van der Waals surface area contributed by atoms with Crippen LogP contribution in [0.1, 0.15) is 62.4 Å². The second kappa shape index (κ2) is 5.59. The maximum atomic E-state index is 11.4. The summed E-state index contributed by atoms with van der Waals surface area (Å²) in [5.74, 6) is -1.10. The van der Waals surface area contributed by atoms with Gasteiger partial charge in [0.25, 0.3) is 0 Å². The number of hydrogen-bond donors (Lipinski definition) is 1. The SMILES string of the molecule is CCC1(C)CCN(c2nc3c(s2)CCCC3C(=O)O)CC1. The Bertz CT molecular complexity index is 532. The maximum absolute atomic E-state index is 11.4. The number of carboxylic acid groups (broad SMARTS) is 1. The summed E-state index contributed by atoms with van der Waals surface area (Å²) >= 11 is 1.72. The molecule has 1 saturated heterocycles. The van der Waals surface area contributed by atoms with Gasteiger partial charge < -0.3 is 10.0 Å². The summed E-state index contributed by atoms with van der Waals surface area (Å²) in [5, 5.41) is 10.4. The van der Waals surface area contributed by atoms with Crippen LogP contribution in [-0.4, -0.2) is 29.1 Å². The molecular weight excluding hydrogens is 284 g/mol. The first kappa shape index (κ1) is 14.8. The number of aromatic nitrogens is 1. The zero-order valence-electron chi connectivity index (χ0n) is 12.9. The molecular formula is C16H24N2O2S. The molecule has 1 fully saturated rings. The molecule has 0 aromatic carbocycles. The van der Waals surface area contributed by atoms with Gasteiger partial charge in [0.05, 0.1) is 5.69 Å². The fraction of sp³-hybridized carbons (Fsp3) is 0.750. The summed E-state index contributed by atoms with van der Waals surface area (Å²) in [6.07, 6.45) is 6.35. The van der Waals surface area contributed by atoms with Crippen LogP contribution in [0.25, 0.3) is 0 Å². The lowest BCUT2D eigenvalue weighted by atomic mass is 9.78. The number of rotatable bonds is 3. The van der Waals surface area contributed by atoms with Gasteiger partial charge >= 0.3 is 5.97 Å². The van der Waals surface area contributed by atoms with Gasteiger partial charge in [-0.1, -0.05) is 20.3 Å². The molecule has 1 atom stereocenters. The molecule has 1 aliphatic carbocycles. The summed E-state index contributed by atoms with van der Waals surface area (Å²) in [5.41, 5.74) is 1.31. The van der Waals surface area contributed by atoms with Crippen molar-refractivity contribution >= 4 is 22.4 Å². The van der Waals surface area contributed by atoms with Crippen LogP contribution >= 0.6 is 11.3 Å². The number of thiazole rings is 1. The van der Waals surface area contributed by atoms with Crippen molar-refractivity contribution in [1.82, 2.24) is 4.98 Å². The van der Waals surface area contributed by atoms with Crippen LogP contribution in [-0.2, 0) is 11.2 Å². The first-order valence-electron chi connectivity index (χ1n) is 8.00. The molecule has 1 aliphatic heterocycles. The van der Waals surface area contributed by atoms with E-state index in [1.165, 1.54) is 24.1 Å². The van der Waals surface area contributed by atoms with E-state index in [4.69, 9.17) is 4.98 Å². The lowest BCUT2D eigenvalue weighted by Crippen LogP contribution is -2.38. The number of piperidine rings is 1. The average Bonchev–Trinajstić information content (AvgIpc) is 2.91. The first-order chi connectivity index (χ1) is 10.0. The van der Waals surface area contributed by atoms with Crippen LogP contribution in [0.4, 0.5) is 5.13 Å². The molecule has 0 amide bonds. The molecule has 2 heterocycles. The van der Waals surface area contributed by atoms with E-state index < -0.39 is 5.97 Å². The predicted molar refractivity (Wildman–Crippen MR) is 85.3 cm³/mol. The summed E-state index contributed by atoms with van der Waals surface area (Å²) in [6, 6.07) is 0. The normalized spacial score (nSPS) is 24.7. The molecule has 21 heavy (non-hydrogen) atoms. The van der Waals surface area contributed by atoms with Crippen LogP contribution in [0.15, 0.2) is 0 Å². The van der Waals surface area contributed by atoms with Gasteiger partial charge in [0, 0.05) is 18.0 Å². The fourth-order valence-electron chi connectivity index (χ4n) is 3.37. The van der Waals surface area contributed by atoms with E-state index in [1.807, 2.05) is 0 Å². The maximum Gasteiger partial charge on any atom is 0.312 e. The second-order valence-corrected chi connectivity index (χ2v) is 7.80. The summed E-state index contributed by atoms with van der Waals surface area (Å²) in [4.78, 5) is 19.7. The monoisotopic (exact) mass is 308 g/mol. The Labute approximate surface area is 130 Å². The van der Waals surface area contributed by atoms with E-state index in [9.17, 15) is 9.90 Å². The van der Waals surface area contributed by atoms with Gasteiger partial charge in [-0.3, -0.25) is 4.79 Å². The lowest BCUT2D eigenvalue weighted by molar-refractivity contribution is -0.139. The number of anilines is 1. The first-order valence-corrected chi connectivity index (χ1v) is 8.81. The highest BCUT2D eigenvalue weighted by atomic mass is 32.1. The zero-order valence-corrected chi connectivity index (χ0v) is 13.7. The van der Waals surface area contributed by atoms with Crippen molar-refractivity contribution in [3.8, 4) is 0 Å². The van der Waals surface area contributed by atoms with E-state index in [1.54, 1.807) is 11.3 Å². The zero-order chi connectivity index (χ0) is 15.0. The third-order valence-corrected chi connectivity index (χ3v) is 6.53. The Morgan fingerprint density at radius 3 is 2.81 bits per heavy atom. The third-order valence-electron chi connectivity index (χ3n) is 5.34. The summed E-state index contributed by atoms with van der Waals surface area (Å²) in [7, 11) is 0. The number of carboxylic acids is 1. The molecule has 5 heteroatoms. The summed E-state index contributed by atoms with van der Waals surface area (Å²) in [6.45, 7) is 6.75. The van der Waals surface area contributed by atoms with Gasteiger partial charge in [-0.15, -0.1) is 11.3 Å². The molecule has 0 saturated carbocycles. The minimum Gasteiger partial charge on any atom is -0.481 e. The molecule has 1 aromatic rings. The Kier molecular flexibility index (Phi) is 3.95. The fourth-order valence-corrected chi connectivity index (χ4v) is 4.59. The number of aryl methyl sites for hydroxylation is 1. The topological polar surface area (TPSA) is 53.4 Å². The largest absolute Gasteiger partial charge is 0.481 e. The minimum atomic E-state index is -0.718. The van der Waals surface area contributed by atoms with Crippen molar-refractivity contribution in [3.63, 3.8) is 0 Å². The molecule has 4 nitrogen and oxygen atoms in total. The van der Waals surface area contributed by atoms with Gasteiger partial charge in [-0.25, -0.2) is 4.98 Å². The highest BCUT2D eigenvalue weighted by molar-refractivity contribution is 7.15. The average molecular weight is 308 g/mol. The van der Waals surface area contributed by atoms with Crippen molar-refractivity contribution in [2.24, 2.45) is 5.41 Å². The van der Waals surface area contributed by atoms with E-state index in [2.05, 4.69) is 18.7 Å². The standard InChI is InChI=1S/C16H24N2O2S/c1-3-16(2)7-9-18(10-8-16)15-17-13-11(14(19)20)5-4-6-12(13)21-15/h11H,3-10H2,1-2H3,(H,19,20). The highest BCUT2D eigenvalue weighted by Gasteiger charge is 2.33. The van der Waals surface area contributed by atoms with Crippen LogP contribution < -0.4 is 4.90 Å². The number of fused-ring (bicyclic) bond motifs is 1. The van der Waals surface area contributed by atoms with Crippen LogP contribution in [0.5, 0.6) is 0 Å². The molecule has 2 aliphatic rings. The van der Waals surface area contributed by atoms with E-state index in [-0.39, 0.29) is 5.92 Å². The van der Waals surface area contributed by atoms with Gasteiger partial charge in [-0.2, -0.15) is 0 Å². The van der Waals surface area contributed by atoms with Crippen LogP contribution in [0, 0.1) is 5.41 Å². The Morgan fingerprint density at radius 1 is 1.48 bits per heavy atom. The number of carbonyl (C=O) groups is 1. The predicted octanol–water partition coefficient (Wildman–Crippen LogP) is 3.66. The Hall–Kier alpha value is -1.10. The molecule has 1 aromatic heterocycles. The van der Waals surface area contributed by atoms with Gasteiger partial charge in [-0.05, 0) is 37.5 Å². The summed E-state index contributed by atoms with van der Waals surface area (Å²) < 4.78 is 0. The lowest BCUT2D eigenvalue weighted by Gasteiger charge is -2.38. The van der Waals surface area contributed by atoms with E-state index >= 15 is 0 Å². The Morgan fingerprint density at radius 2 is 2.19 bits per heavy atom. The van der Waals surface area contributed by atoms with Crippen LogP contribution in [0.2, 0.25) is 0 Å². The van der Waals surface area contributed by atoms with Gasteiger partial charge in [0.1, 0.15) is 5.92 Å².